The Kier molecular flexibility index (Phi) is 6.00. The molecule has 0 bridgehead atoms. The van der Waals surface area contributed by atoms with E-state index in [4.69, 9.17) is 0 Å². The number of benzene rings is 2. The first-order valence-corrected chi connectivity index (χ1v) is 11.3. The highest BCUT2D eigenvalue weighted by atomic mass is 32.2. The molecule has 0 unspecified atom stereocenters. The third kappa shape index (κ3) is 5.16. The van der Waals surface area contributed by atoms with Crippen LogP contribution in [0.3, 0.4) is 0 Å². The molecule has 3 N–H and O–H groups in total. The summed E-state index contributed by atoms with van der Waals surface area (Å²) in [5.74, 6) is -0.526. The molecule has 1 amide bonds. The van der Waals surface area contributed by atoms with Crippen molar-refractivity contribution in [2.75, 3.05) is 5.32 Å². The molecule has 3 rings (SSSR count). The summed E-state index contributed by atoms with van der Waals surface area (Å²) < 4.78 is 28.0. The first-order chi connectivity index (χ1) is 13.6. The molecule has 29 heavy (non-hydrogen) atoms. The number of rotatable bonds is 5. The summed E-state index contributed by atoms with van der Waals surface area (Å²) in [6, 6.07) is 11.0. The molecule has 0 saturated heterocycles. The van der Waals surface area contributed by atoms with Crippen LogP contribution in [-0.2, 0) is 15.4 Å². The lowest BCUT2D eigenvalue weighted by Gasteiger charge is -2.20. The van der Waals surface area contributed by atoms with Gasteiger partial charge in [-0.2, -0.15) is 0 Å². The van der Waals surface area contributed by atoms with E-state index >= 15 is 0 Å². The largest absolute Gasteiger partial charge is 0.506 e. The molecule has 0 aromatic heterocycles. The fraction of sp³-hybridized carbons (Fsp3) is 0.409. The molecule has 0 heterocycles. The molecule has 156 valence electrons. The van der Waals surface area contributed by atoms with Gasteiger partial charge in [-0.1, -0.05) is 45.7 Å². The van der Waals surface area contributed by atoms with Crippen molar-refractivity contribution in [3.8, 4) is 5.75 Å². The number of anilines is 1. The van der Waals surface area contributed by atoms with Crippen molar-refractivity contribution < 1.29 is 18.3 Å². The maximum atomic E-state index is 12.7. The van der Waals surface area contributed by atoms with Crippen molar-refractivity contribution in [3.63, 3.8) is 0 Å². The maximum Gasteiger partial charge on any atom is 0.255 e. The van der Waals surface area contributed by atoms with Crippen molar-refractivity contribution >= 4 is 21.6 Å². The molecular formula is C22H28N2O4S. The molecule has 1 aliphatic carbocycles. The third-order valence-electron chi connectivity index (χ3n) is 5.19. The van der Waals surface area contributed by atoms with Crippen LogP contribution in [0.25, 0.3) is 0 Å². The molecule has 0 spiro atoms. The molecule has 7 heteroatoms. The second kappa shape index (κ2) is 8.16. The van der Waals surface area contributed by atoms with Gasteiger partial charge in [-0.15, -0.1) is 0 Å². The fourth-order valence-electron chi connectivity index (χ4n) is 3.43. The van der Waals surface area contributed by atoms with Gasteiger partial charge in [0.2, 0.25) is 10.0 Å². The minimum atomic E-state index is -3.69. The van der Waals surface area contributed by atoms with Crippen molar-refractivity contribution in [2.24, 2.45) is 0 Å². The van der Waals surface area contributed by atoms with E-state index in [1.807, 2.05) is 26.8 Å². The average Bonchev–Trinajstić information content (AvgIpc) is 3.15. The van der Waals surface area contributed by atoms with Crippen LogP contribution in [0.1, 0.15) is 62.4 Å². The molecular weight excluding hydrogens is 388 g/mol. The molecule has 2 aromatic carbocycles. The van der Waals surface area contributed by atoms with E-state index < -0.39 is 15.9 Å². The summed E-state index contributed by atoms with van der Waals surface area (Å²) in [7, 11) is -3.69. The number of phenols is 1. The zero-order chi connectivity index (χ0) is 21.2. The molecule has 0 atom stereocenters. The van der Waals surface area contributed by atoms with E-state index in [-0.39, 0.29) is 27.7 Å². The second-order valence-corrected chi connectivity index (χ2v) is 10.3. The normalized spacial score (nSPS) is 15.4. The van der Waals surface area contributed by atoms with Crippen LogP contribution in [0.2, 0.25) is 0 Å². The van der Waals surface area contributed by atoms with Crippen molar-refractivity contribution in [1.29, 1.82) is 0 Å². The number of hydrogen-bond acceptors (Lipinski definition) is 4. The number of phenolic OH excluding ortho intramolecular Hbond substituents is 1. The predicted octanol–water partition coefficient (Wildman–Crippen LogP) is 4.16. The lowest BCUT2D eigenvalue weighted by molar-refractivity contribution is 0.102. The molecule has 0 aliphatic heterocycles. The quantitative estimate of drug-likeness (QED) is 0.638. The Morgan fingerprint density at radius 3 is 2.41 bits per heavy atom. The lowest BCUT2D eigenvalue weighted by Crippen LogP contribution is -2.32. The van der Waals surface area contributed by atoms with E-state index in [1.165, 1.54) is 12.1 Å². The molecule has 1 aliphatic rings. The lowest BCUT2D eigenvalue weighted by atomic mass is 9.87. The standard InChI is InChI=1S/C22H28N2O4S/c1-22(2,3)16-11-12-20(25)19(14-16)23-21(26)15-7-6-10-18(13-15)29(27,28)24-17-8-4-5-9-17/h6-7,10-14,17,24-25H,4-5,8-9H2,1-3H3,(H,23,26). The minimum absolute atomic E-state index is 0.0435. The second-order valence-electron chi connectivity index (χ2n) is 8.57. The number of carbonyl (C=O) groups excluding carboxylic acids is 1. The SMILES string of the molecule is CC(C)(C)c1ccc(O)c(NC(=O)c2cccc(S(=O)(=O)NC3CCCC3)c2)c1. The van der Waals surface area contributed by atoms with Crippen molar-refractivity contribution in [3.05, 3.63) is 53.6 Å². The molecule has 2 aromatic rings. The van der Waals surface area contributed by atoms with Gasteiger partial charge in [0.05, 0.1) is 10.6 Å². The van der Waals surface area contributed by atoms with Crippen LogP contribution in [0.4, 0.5) is 5.69 Å². The van der Waals surface area contributed by atoms with Crippen LogP contribution < -0.4 is 10.0 Å². The Morgan fingerprint density at radius 1 is 1.07 bits per heavy atom. The van der Waals surface area contributed by atoms with Crippen LogP contribution in [-0.4, -0.2) is 25.5 Å². The third-order valence-corrected chi connectivity index (χ3v) is 6.71. The van der Waals surface area contributed by atoms with E-state index in [0.29, 0.717) is 5.69 Å². The number of nitrogens with one attached hydrogen (secondary N) is 2. The van der Waals surface area contributed by atoms with E-state index in [9.17, 15) is 18.3 Å². The Labute approximate surface area is 172 Å². The Morgan fingerprint density at radius 2 is 1.76 bits per heavy atom. The van der Waals surface area contributed by atoms with E-state index in [2.05, 4.69) is 10.0 Å². The van der Waals surface area contributed by atoms with Crippen LogP contribution in [0.15, 0.2) is 47.4 Å². The molecule has 1 fully saturated rings. The number of amides is 1. The first kappa shape index (κ1) is 21.3. The molecule has 0 radical (unpaired) electrons. The van der Waals surface area contributed by atoms with E-state index in [1.54, 1.807) is 24.3 Å². The fourth-order valence-corrected chi connectivity index (χ4v) is 4.78. The number of carbonyl (C=O) groups is 1. The van der Waals surface area contributed by atoms with Gasteiger partial charge >= 0.3 is 0 Å². The number of sulfonamides is 1. The van der Waals surface area contributed by atoms with Crippen LogP contribution >= 0.6 is 0 Å². The van der Waals surface area contributed by atoms with Gasteiger partial charge in [-0.05, 0) is 54.2 Å². The summed E-state index contributed by atoms with van der Waals surface area (Å²) in [4.78, 5) is 12.8. The predicted molar refractivity (Wildman–Crippen MR) is 114 cm³/mol. The Hall–Kier alpha value is -2.38. The van der Waals surface area contributed by atoms with Gasteiger partial charge in [-0.3, -0.25) is 4.79 Å². The highest BCUT2D eigenvalue weighted by molar-refractivity contribution is 7.89. The summed E-state index contributed by atoms with van der Waals surface area (Å²) in [5, 5.41) is 12.8. The summed E-state index contributed by atoms with van der Waals surface area (Å²) in [5.41, 5.74) is 1.31. The summed E-state index contributed by atoms with van der Waals surface area (Å²) in [6.07, 6.45) is 3.71. The van der Waals surface area contributed by atoms with Gasteiger partial charge in [-0.25, -0.2) is 13.1 Å². The summed E-state index contributed by atoms with van der Waals surface area (Å²) in [6.45, 7) is 6.12. The smallest absolute Gasteiger partial charge is 0.255 e. The Balaban J connectivity index is 1.81. The van der Waals surface area contributed by atoms with E-state index in [0.717, 1.165) is 31.2 Å². The van der Waals surface area contributed by atoms with Crippen molar-refractivity contribution in [1.82, 2.24) is 4.72 Å². The van der Waals surface area contributed by atoms with Gasteiger partial charge in [0.1, 0.15) is 5.75 Å². The van der Waals surface area contributed by atoms with Crippen LogP contribution in [0, 0.1) is 0 Å². The monoisotopic (exact) mass is 416 g/mol. The minimum Gasteiger partial charge on any atom is -0.506 e. The van der Waals surface area contributed by atoms with Crippen molar-refractivity contribution in [2.45, 2.75) is 62.8 Å². The van der Waals surface area contributed by atoms with Gasteiger partial charge in [0.15, 0.2) is 0 Å². The van der Waals surface area contributed by atoms with Gasteiger partial charge in [0, 0.05) is 11.6 Å². The summed E-state index contributed by atoms with van der Waals surface area (Å²) >= 11 is 0. The zero-order valence-corrected chi connectivity index (χ0v) is 17.8. The highest BCUT2D eigenvalue weighted by Gasteiger charge is 2.24. The highest BCUT2D eigenvalue weighted by Crippen LogP contribution is 2.31. The average molecular weight is 417 g/mol. The molecule has 1 saturated carbocycles. The number of hydrogen-bond donors (Lipinski definition) is 3. The van der Waals surface area contributed by atoms with Gasteiger partial charge < -0.3 is 10.4 Å². The maximum absolute atomic E-state index is 12.7. The molecule has 6 nitrogen and oxygen atoms in total. The topological polar surface area (TPSA) is 95.5 Å². The Bertz CT molecular complexity index is 1000. The zero-order valence-electron chi connectivity index (χ0n) is 17.0. The van der Waals surface area contributed by atoms with Crippen LogP contribution in [0.5, 0.6) is 5.75 Å². The van der Waals surface area contributed by atoms with Gasteiger partial charge in [0.25, 0.3) is 5.91 Å². The number of aromatic hydroxyl groups is 1. The first-order valence-electron chi connectivity index (χ1n) is 9.83.